The number of nitrogens with zero attached hydrogens (tertiary/aromatic N) is 4. The van der Waals surface area contributed by atoms with Crippen molar-refractivity contribution >= 4 is 34.5 Å². The molecule has 1 aromatic carbocycles. The molecule has 218 valence electrons. The Bertz CT molecular complexity index is 1480. The van der Waals surface area contributed by atoms with Crippen LogP contribution in [-0.4, -0.2) is 85.0 Å². The molecule has 2 aromatic heterocycles. The van der Waals surface area contributed by atoms with E-state index in [0.29, 0.717) is 96.5 Å². The van der Waals surface area contributed by atoms with Crippen molar-refractivity contribution in [3.05, 3.63) is 52.4 Å². The number of rotatable bonds is 11. The molecule has 2 aliphatic heterocycles. The van der Waals surface area contributed by atoms with E-state index in [9.17, 15) is 9.59 Å². The van der Waals surface area contributed by atoms with E-state index in [1.165, 1.54) is 13.2 Å². The van der Waals surface area contributed by atoms with Gasteiger partial charge in [-0.1, -0.05) is 18.2 Å². The molecule has 2 fully saturated rings. The summed E-state index contributed by atoms with van der Waals surface area (Å²) in [7, 11) is 3.07. The Morgan fingerprint density at radius 2 is 1.98 bits per heavy atom. The smallest absolute Gasteiger partial charge is 0.260 e. The van der Waals surface area contributed by atoms with Gasteiger partial charge in [0.15, 0.2) is 0 Å². The van der Waals surface area contributed by atoms with E-state index in [0.717, 1.165) is 12.8 Å². The van der Waals surface area contributed by atoms with Gasteiger partial charge >= 0.3 is 0 Å². The van der Waals surface area contributed by atoms with E-state index in [1.54, 1.807) is 41.0 Å². The number of amides is 1. The van der Waals surface area contributed by atoms with E-state index >= 15 is 0 Å². The van der Waals surface area contributed by atoms with Crippen molar-refractivity contribution in [2.45, 2.75) is 25.4 Å². The molecule has 41 heavy (non-hydrogen) atoms. The van der Waals surface area contributed by atoms with E-state index in [2.05, 4.69) is 22.2 Å². The molecule has 2 N–H and O–H groups in total. The summed E-state index contributed by atoms with van der Waals surface area (Å²) in [5.41, 5.74) is 1.19. The van der Waals surface area contributed by atoms with Crippen LogP contribution in [0.3, 0.4) is 0 Å². The molecule has 0 radical (unpaired) electrons. The minimum Gasteiger partial charge on any atom is -0.497 e. The Morgan fingerprint density at radius 1 is 1.20 bits per heavy atom. The molecule has 0 unspecified atom stereocenters. The number of hydrogen-bond donors (Lipinski definition) is 2. The van der Waals surface area contributed by atoms with Crippen LogP contribution < -0.4 is 25.7 Å². The van der Waals surface area contributed by atoms with Gasteiger partial charge in [-0.25, -0.2) is 4.98 Å². The molecule has 5 rings (SSSR count). The molecule has 0 atom stereocenters. The van der Waals surface area contributed by atoms with Gasteiger partial charge in [-0.2, -0.15) is 4.98 Å². The topological polar surface area (TPSA) is 120 Å². The normalized spacial score (nSPS) is 15.9. The lowest BCUT2D eigenvalue weighted by molar-refractivity contribution is -0.127. The first-order chi connectivity index (χ1) is 19.9. The monoisotopic (exact) mass is 582 g/mol. The molecular weight excluding hydrogens is 548 g/mol. The maximum atomic E-state index is 14.0. The third-order valence-electron chi connectivity index (χ3n) is 7.59. The molecule has 1 amide bonds. The van der Waals surface area contributed by atoms with E-state index in [4.69, 9.17) is 30.8 Å². The number of ether oxygens (including phenoxy) is 3. The van der Waals surface area contributed by atoms with Crippen LogP contribution in [0, 0.1) is 5.92 Å². The Balaban J connectivity index is 1.45. The minimum absolute atomic E-state index is 0.0416. The molecule has 0 spiro atoms. The van der Waals surface area contributed by atoms with Gasteiger partial charge in [0, 0.05) is 73.5 Å². The van der Waals surface area contributed by atoms with Crippen molar-refractivity contribution in [3.8, 4) is 22.6 Å². The number of nitrogens with one attached hydrogen (secondary N) is 2. The van der Waals surface area contributed by atoms with Gasteiger partial charge in [0.2, 0.25) is 11.9 Å². The van der Waals surface area contributed by atoms with E-state index < -0.39 is 0 Å². The summed E-state index contributed by atoms with van der Waals surface area (Å²) in [6, 6.07) is 5.41. The lowest BCUT2D eigenvalue weighted by atomic mass is 10.0. The summed E-state index contributed by atoms with van der Waals surface area (Å²) in [4.78, 5) is 37.0. The summed E-state index contributed by atoms with van der Waals surface area (Å²) in [5.74, 6) is 1.76. The number of likely N-dealkylation sites (tertiary alicyclic amines) is 1. The van der Waals surface area contributed by atoms with Crippen LogP contribution in [0.25, 0.3) is 22.2 Å². The number of pyridine rings is 1. The number of benzene rings is 1. The van der Waals surface area contributed by atoms with Gasteiger partial charge in [-0.3, -0.25) is 14.2 Å². The fourth-order valence-corrected chi connectivity index (χ4v) is 5.42. The first-order valence-corrected chi connectivity index (χ1v) is 14.1. The van der Waals surface area contributed by atoms with Crippen molar-refractivity contribution in [1.82, 2.24) is 24.8 Å². The van der Waals surface area contributed by atoms with Gasteiger partial charge in [0.25, 0.3) is 5.56 Å². The molecular formula is C29H35ClN6O5. The average Bonchev–Trinajstić information content (AvgIpc) is 2.97. The zero-order valence-corrected chi connectivity index (χ0v) is 24.1. The fraction of sp³-hybridized carbons (Fsp3) is 0.448. The summed E-state index contributed by atoms with van der Waals surface area (Å²) in [6.45, 7) is 7.96. The van der Waals surface area contributed by atoms with E-state index in [-0.39, 0.29) is 17.5 Å². The number of carbonyl (C=O) groups excluding carboxylic acids is 1. The van der Waals surface area contributed by atoms with Crippen LogP contribution in [-0.2, 0) is 16.1 Å². The number of halogens is 1. The molecule has 12 heteroatoms. The highest BCUT2D eigenvalue weighted by Gasteiger charge is 2.23. The maximum absolute atomic E-state index is 14.0. The second-order valence-electron chi connectivity index (χ2n) is 10.2. The third-order valence-corrected chi connectivity index (χ3v) is 7.98. The highest BCUT2D eigenvalue weighted by molar-refractivity contribution is 6.35. The standard InChI is InChI=1S/C29H35ClN6O5/c1-4-25(37)35-8-5-20(6-9-35)31-7-10-36-27-19(15-33-29(34-27)32-14-18-16-41-17-18)11-23(28(36)38)22-12-21(39-2)13-24(40-3)26(22)30/h4,11-13,15,18,20,31H,1,5-10,14,16-17H2,2-3H3,(H,32,33,34). The zero-order chi connectivity index (χ0) is 28.9. The molecule has 11 nitrogen and oxygen atoms in total. The Morgan fingerprint density at radius 3 is 2.63 bits per heavy atom. The average molecular weight is 583 g/mol. The SMILES string of the molecule is C=CC(=O)N1CCC(NCCn2c(=O)c(-c3cc(OC)cc(OC)c3Cl)cc3cnc(NCC4COC4)nc32)CC1. The van der Waals surface area contributed by atoms with Gasteiger partial charge in [-0.15, -0.1) is 0 Å². The molecule has 4 heterocycles. The van der Waals surface area contributed by atoms with Crippen molar-refractivity contribution in [1.29, 1.82) is 0 Å². The summed E-state index contributed by atoms with van der Waals surface area (Å²) >= 11 is 6.69. The van der Waals surface area contributed by atoms with Crippen LogP contribution in [0.15, 0.2) is 41.8 Å². The molecule has 2 saturated heterocycles. The van der Waals surface area contributed by atoms with Crippen molar-refractivity contribution < 1.29 is 19.0 Å². The second kappa shape index (κ2) is 12.9. The predicted octanol–water partition coefficient (Wildman–Crippen LogP) is 2.95. The largest absolute Gasteiger partial charge is 0.497 e. The molecule has 2 aliphatic rings. The first kappa shape index (κ1) is 28.8. The predicted molar refractivity (Wildman–Crippen MR) is 158 cm³/mol. The maximum Gasteiger partial charge on any atom is 0.260 e. The van der Waals surface area contributed by atoms with Gasteiger partial charge in [-0.05, 0) is 31.1 Å². The Kier molecular flexibility index (Phi) is 9.06. The quantitative estimate of drug-likeness (QED) is 0.329. The summed E-state index contributed by atoms with van der Waals surface area (Å²) in [6.07, 6.45) is 4.73. The fourth-order valence-electron chi connectivity index (χ4n) is 5.13. The molecule has 0 aliphatic carbocycles. The minimum atomic E-state index is -0.236. The first-order valence-electron chi connectivity index (χ1n) is 13.7. The molecule has 0 saturated carbocycles. The highest BCUT2D eigenvalue weighted by atomic mass is 35.5. The number of aromatic nitrogens is 3. The van der Waals surface area contributed by atoms with Gasteiger partial charge in [0.05, 0.1) is 32.5 Å². The van der Waals surface area contributed by atoms with Crippen LogP contribution in [0.1, 0.15) is 12.8 Å². The van der Waals surface area contributed by atoms with Crippen LogP contribution in [0.2, 0.25) is 5.02 Å². The number of piperidine rings is 1. The molecule has 3 aromatic rings. The number of fused-ring (bicyclic) bond motifs is 1. The van der Waals surface area contributed by atoms with Crippen LogP contribution in [0.4, 0.5) is 5.95 Å². The lowest BCUT2D eigenvalue weighted by Gasteiger charge is -2.32. The lowest BCUT2D eigenvalue weighted by Crippen LogP contribution is -2.45. The zero-order valence-electron chi connectivity index (χ0n) is 23.3. The van der Waals surface area contributed by atoms with E-state index in [1.807, 2.05) is 0 Å². The summed E-state index contributed by atoms with van der Waals surface area (Å²) < 4.78 is 17.8. The van der Waals surface area contributed by atoms with Crippen LogP contribution >= 0.6 is 11.6 Å². The Labute approximate surface area is 243 Å². The second-order valence-corrected chi connectivity index (χ2v) is 10.6. The molecule has 0 bridgehead atoms. The van der Waals surface area contributed by atoms with Crippen LogP contribution in [0.5, 0.6) is 11.5 Å². The summed E-state index contributed by atoms with van der Waals surface area (Å²) in [5, 5.41) is 7.84. The van der Waals surface area contributed by atoms with Crippen molar-refractivity contribution in [2.24, 2.45) is 5.92 Å². The number of hydrogen-bond acceptors (Lipinski definition) is 9. The number of carbonyl (C=O) groups is 1. The van der Waals surface area contributed by atoms with Crippen molar-refractivity contribution in [3.63, 3.8) is 0 Å². The highest BCUT2D eigenvalue weighted by Crippen LogP contribution is 2.38. The Hall–Kier alpha value is -3.67. The third kappa shape index (κ3) is 6.32. The van der Waals surface area contributed by atoms with Gasteiger partial charge < -0.3 is 29.7 Å². The van der Waals surface area contributed by atoms with Crippen molar-refractivity contribution in [2.75, 3.05) is 58.9 Å². The van der Waals surface area contributed by atoms with Gasteiger partial charge in [0.1, 0.15) is 17.1 Å². The number of methoxy groups -OCH3 is 2. The number of anilines is 1.